The highest BCUT2D eigenvalue weighted by Gasteiger charge is 2.17. The van der Waals surface area contributed by atoms with Gasteiger partial charge in [0.15, 0.2) is 11.4 Å². The van der Waals surface area contributed by atoms with E-state index in [4.69, 9.17) is 4.89 Å². The summed E-state index contributed by atoms with van der Waals surface area (Å²) in [5, 5.41) is 6.09. The first kappa shape index (κ1) is 12.3. The van der Waals surface area contributed by atoms with E-state index in [0.29, 0.717) is 11.7 Å². The molecule has 0 aliphatic carbocycles. The predicted octanol–water partition coefficient (Wildman–Crippen LogP) is 0.424. The molecule has 0 radical (unpaired) electrons. The average molecular weight is 211 g/mol. The topological polar surface area (TPSA) is 61.4 Å². The molecule has 0 rings (SSSR count). The van der Waals surface area contributed by atoms with Gasteiger partial charge < -0.3 is 10.6 Å². The maximum absolute atomic E-state index is 10.4. The van der Waals surface area contributed by atoms with Gasteiger partial charge in [0.1, 0.15) is 0 Å². The summed E-state index contributed by atoms with van der Waals surface area (Å²) in [5.41, 5.74) is 0. The van der Waals surface area contributed by atoms with Gasteiger partial charge in [-0.25, -0.2) is 0 Å². The molecule has 0 aliphatic heterocycles. The lowest BCUT2D eigenvalue weighted by atomic mass is 10.2. The van der Waals surface area contributed by atoms with Gasteiger partial charge in [0.05, 0.1) is 0 Å². The second-order valence-corrected chi connectivity index (χ2v) is 5.29. The van der Waals surface area contributed by atoms with E-state index in [2.05, 4.69) is 10.6 Å². The third kappa shape index (κ3) is 7.00. The molecule has 6 heteroatoms. The Labute approximate surface area is 78.1 Å². The van der Waals surface area contributed by atoms with Crippen LogP contribution < -0.4 is 10.6 Å². The maximum atomic E-state index is 10.4. The highest BCUT2D eigenvalue weighted by Crippen LogP contribution is 2.33. The molecular weight excluding hydrogens is 195 g/mol. The van der Waals surface area contributed by atoms with Gasteiger partial charge in [-0.05, 0) is 37.7 Å². The third-order valence-electron chi connectivity index (χ3n) is 1.41. The van der Waals surface area contributed by atoms with Crippen LogP contribution in [0.2, 0.25) is 0 Å². The van der Waals surface area contributed by atoms with Crippen LogP contribution in [0.5, 0.6) is 0 Å². The number of nitrogens with one attached hydrogen (secondary N) is 2. The summed E-state index contributed by atoms with van der Waals surface area (Å²) < 4.78 is 10.4. The number of hydrogen-bond acceptors (Lipinski definition) is 4. The normalized spacial score (nSPS) is 12.2. The van der Waals surface area contributed by atoms with Gasteiger partial charge in [-0.2, -0.15) is 4.89 Å². The number of hydrogen-bond donors (Lipinski definition) is 3. The Kier molecular flexibility index (Phi) is 8.17. The molecule has 0 spiro atoms. The first-order valence-corrected chi connectivity index (χ1v) is 6.59. The molecule has 0 heterocycles. The van der Waals surface area contributed by atoms with E-state index in [-0.39, 0.29) is 0 Å². The molecule has 0 saturated carbocycles. The highest BCUT2D eigenvalue weighted by atomic mass is 32.7. The lowest BCUT2D eigenvalue weighted by Gasteiger charge is -2.11. The van der Waals surface area contributed by atoms with E-state index >= 15 is 0 Å². The molecule has 1 unspecified atom stereocenters. The molecule has 12 heavy (non-hydrogen) atoms. The fourth-order valence-corrected chi connectivity index (χ4v) is 2.53. The first-order valence-electron chi connectivity index (χ1n) is 3.79. The standard InChI is InChI=1S/C6H15N2O2PS/c1-7-3-6(4-8-2)5-12-11(9)10/h6-8H,3-5H2,1-2H3/p+1. The molecule has 1 atom stereocenters. The average Bonchev–Trinajstić information content (AvgIpc) is 2.01. The van der Waals surface area contributed by atoms with Crippen molar-refractivity contribution < 1.29 is 9.46 Å². The Morgan fingerprint density at radius 3 is 2.25 bits per heavy atom. The molecule has 0 aromatic rings. The molecule has 4 nitrogen and oxygen atoms in total. The summed E-state index contributed by atoms with van der Waals surface area (Å²) >= 11 is 1.10. The Morgan fingerprint density at radius 2 is 1.92 bits per heavy atom. The zero-order valence-corrected chi connectivity index (χ0v) is 9.12. The van der Waals surface area contributed by atoms with Crippen LogP contribution in [0.15, 0.2) is 0 Å². The van der Waals surface area contributed by atoms with Gasteiger partial charge >= 0.3 is 7.23 Å². The minimum atomic E-state index is -2.04. The van der Waals surface area contributed by atoms with E-state index in [1.807, 2.05) is 14.1 Å². The van der Waals surface area contributed by atoms with Crippen LogP contribution in [0.1, 0.15) is 0 Å². The molecule has 0 aliphatic rings. The van der Waals surface area contributed by atoms with Crippen molar-refractivity contribution in [3.8, 4) is 0 Å². The Bertz CT molecular complexity index is 131. The van der Waals surface area contributed by atoms with Gasteiger partial charge in [-0.1, -0.05) is 0 Å². The maximum Gasteiger partial charge on any atom is 0.582 e. The van der Waals surface area contributed by atoms with E-state index in [1.54, 1.807) is 0 Å². The van der Waals surface area contributed by atoms with Crippen LogP contribution in [0.4, 0.5) is 0 Å². The minimum Gasteiger partial charge on any atom is -0.319 e. The Balaban J connectivity index is 3.54. The van der Waals surface area contributed by atoms with Crippen molar-refractivity contribution in [2.45, 2.75) is 0 Å². The van der Waals surface area contributed by atoms with Crippen LogP contribution in [-0.2, 0) is 4.57 Å². The lowest BCUT2D eigenvalue weighted by molar-refractivity contribution is 0.514. The highest BCUT2D eigenvalue weighted by molar-refractivity contribution is 8.50. The quantitative estimate of drug-likeness (QED) is 0.533. The van der Waals surface area contributed by atoms with Crippen molar-refractivity contribution >= 4 is 18.6 Å². The molecule has 72 valence electrons. The summed E-state index contributed by atoms with van der Waals surface area (Å²) in [7, 11) is 1.72. The van der Waals surface area contributed by atoms with Crippen molar-refractivity contribution in [2.24, 2.45) is 5.92 Å². The van der Waals surface area contributed by atoms with Crippen molar-refractivity contribution in [1.29, 1.82) is 0 Å². The Morgan fingerprint density at radius 1 is 1.42 bits per heavy atom. The molecule has 0 fully saturated rings. The van der Waals surface area contributed by atoms with Crippen LogP contribution in [-0.4, -0.2) is 37.8 Å². The fourth-order valence-electron chi connectivity index (χ4n) is 0.937. The van der Waals surface area contributed by atoms with Crippen LogP contribution in [0, 0.1) is 5.92 Å². The monoisotopic (exact) mass is 211 g/mol. The third-order valence-corrected chi connectivity index (χ3v) is 3.36. The lowest BCUT2D eigenvalue weighted by Crippen LogP contribution is -2.29. The minimum absolute atomic E-state index is 0.413. The van der Waals surface area contributed by atoms with E-state index in [0.717, 1.165) is 24.5 Å². The zero-order chi connectivity index (χ0) is 9.40. The molecule has 3 N–H and O–H groups in total. The van der Waals surface area contributed by atoms with Crippen LogP contribution in [0.3, 0.4) is 0 Å². The fraction of sp³-hybridized carbons (Fsp3) is 1.00. The zero-order valence-electron chi connectivity index (χ0n) is 7.41. The van der Waals surface area contributed by atoms with Gasteiger partial charge in [0, 0.05) is 5.75 Å². The van der Waals surface area contributed by atoms with Crippen molar-refractivity contribution in [3.63, 3.8) is 0 Å². The van der Waals surface area contributed by atoms with Crippen molar-refractivity contribution in [1.82, 2.24) is 10.6 Å². The van der Waals surface area contributed by atoms with E-state index in [9.17, 15) is 4.57 Å². The summed E-state index contributed by atoms with van der Waals surface area (Å²) in [5.74, 6) is 1.13. The van der Waals surface area contributed by atoms with Crippen LogP contribution in [0.25, 0.3) is 0 Å². The second-order valence-electron chi connectivity index (χ2n) is 2.51. The van der Waals surface area contributed by atoms with Gasteiger partial charge in [0.2, 0.25) is 0 Å². The second kappa shape index (κ2) is 7.95. The molecule has 0 bridgehead atoms. The SMILES string of the molecule is CNCC(CNC)CS[P+](=O)O. The summed E-state index contributed by atoms with van der Waals surface area (Å²) in [6.45, 7) is 1.74. The van der Waals surface area contributed by atoms with Gasteiger partial charge in [0.25, 0.3) is 0 Å². The van der Waals surface area contributed by atoms with Crippen LogP contribution >= 0.6 is 18.6 Å². The predicted molar refractivity (Wildman–Crippen MR) is 53.6 cm³/mol. The van der Waals surface area contributed by atoms with E-state index in [1.165, 1.54) is 0 Å². The molecule has 0 saturated heterocycles. The molecule has 0 aromatic carbocycles. The van der Waals surface area contributed by atoms with Gasteiger partial charge in [-0.15, -0.1) is 0 Å². The smallest absolute Gasteiger partial charge is 0.319 e. The summed E-state index contributed by atoms with van der Waals surface area (Å²) in [6, 6.07) is 0. The van der Waals surface area contributed by atoms with Crippen molar-refractivity contribution in [3.05, 3.63) is 0 Å². The summed E-state index contributed by atoms with van der Waals surface area (Å²) in [6.07, 6.45) is 0. The van der Waals surface area contributed by atoms with Gasteiger partial charge in [-0.3, -0.25) is 0 Å². The number of rotatable bonds is 7. The first-order chi connectivity index (χ1) is 5.70. The largest absolute Gasteiger partial charge is 0.582 e. The molecule has 0 aromatic heterocycles. The molecule has 0 amide bonds. The Hall–Kier alpha value is 0.330. The van der Waals surface area contributed by atoms with E-state index < -0.39 is 7.23 Å². The van der Waals surface area contributed by atoms with Crippen molar-refractivity contribution in [2.75, 3.05) is 32.9 Å². The summed E-state index contributed by atoms with van der Waals surface area (Å²) in [4.78, 5) is 8.57. The molecular formula is C6H16N2O2PS+.